The number of ether oxygens (including phenoxy) is 1. The summed E-state index contributed by atoms with van der Waals surface area (Å²) < 4.78 is 5.87. The lowest BCUT2D eigenvalue weighted by molar-refractivity contribution is -0.0484. The van der Waals surface area contributed by atoms with Crippen LogP contribution in [0.2, 0.25) is 5.02 Å². The van der Waals surface area contributed by atoms with Crippen LogP contribution in [0.4, 0.5) is 0 Å². The molecule has 3 rings (SSSR count). The third-order valence-corrected chi connectivity index (χ3v) is 5.15. The molecule has 23 heavy (non-hydrogen) atoms. The van der Waals surface area contributed by atoms with Gasteiger partial charge in [0.25, 0.3) is 5.91 Å². The van der Waals surface area contributed by atoms with Gasteiger partial charge >= 0.3 is 0 Å². The van der Waals surface area contributed by atoms with Crippen molar-refractivity contribution in [2.75, 3.05) is 13.2 Å². The predicted molar refractivity (Wildman–Crippen MR) is 89.7 cm³/mol. The molecule has 2 atom stereocenters. The third-order valence-electron chi connectivity index (χ3n) is 3.89. The standard InChI is InChI=1S/C17H15ClN2O2S/c1-11-9-22-15(13-4-2-3-5-14(13)18)8-20(11)17(21)16-6-12(7-19)10-23-16/h2-6,10-11,15H,8-9H2,1H3/t11-,15+/m1/s1. The van der Waals surface area contributed by atoms with Gasteiger partial charge in [-0.15, -0.1) is 11.3 Å². The van der Waals surface area contributed by atoms with Crippen LogP contribution in [0.5, 0.6) is 0 Å². The van der Waals surface area contributed by atoms with E-state index in [0.29, 0.717) is 28.6 Å². The van der Waals surface area contributed by atoms with Crippen molar-refractivity contribution in [2.24, 2.45) is 0 Å². The Morgan fingerprint density at radius 3 is 2.96 bits per heavy atom. The van der Waals surface area contributed by atoms with Crippen molar-refractivity contribution in [2.45, 2.75) is 19.1 Å². The maximum atomic E-state index is 12.7. The quantitative estimate of drug-likeness (QED) is 0.829. The fourth-order valence-corrected chi connectivity index (χ4v) is 3.66. The van der Waals surface area contributed by atoms with Gasteiger partial charge in [0.05, 0.1) is 29.6 Å². The largest absolute Gasteiger partial charge is 0.369 e. The second-order valence-electron chi connectivity index (χ2n) is 5.46. The van der Waals surface area contributed by atoms with Gasteiger partial charge in [-0.3, -0.25) is 4.79 Å². The Labute approximate surface area is 143 Å². The van der Waals surface area contributed by atoms with Crippen molar-refractivity contribution in [3.63, 3.8) is 0 Å². The molecule has 4 nitrogen and oxygen atoms in total. The van der Waals surface area contributed by atoms with Crippen molar-refractivity contribution in [1.29, 1.82) is 5.26 Å². The predicted octanol–water partition coefficient (Wildman–Crippen LogP) is 3.88. The molecular formula is C17H15ClN2O2S. The molecule has 6 heteroatoms. The summed E-state index contributed by atoms with van der Waals surface area (Å²) >= 11 is 7.54. The van der Waals surface area contributed by atoms with Crippen molar-refractivity contribution >= 4 is 28.8 Å². The molecule has 1 aliphatic heterocycles. The maximum absolute atomic E-state index is 12.7. The fourth-order valence-electron chi connectivity index (χ4n) is 2.61. The number of morpholine rings is 1. The zero-order chi connectivity index (χ0) is 16.4. The Bertz CT molecular complexity index is 768. The SMILES string of the molecule is C[C@@H]1CO[C@H](c2ccccc2Cl)CN1C(=O)c1cc(C#N)cs1. The first-order valence-corrected chi connectivity index (χ1v) is 8.51. The van der Waals surface area contributed by atoms with Gasteiger partial charge in [0.2, 0.25) is 0 Å². The molecule has 0 radical (unpaired) electrons. The van der Waals surface area contributed by atoms with E-state index in [-0.39, 0.29) is 18.1 Å². The number of hydrogen-bond acceptors (Lipinski definition) is 4. The summed E-state index contributed by atoms with van der Waals surface area (Å²) in [5.74, 6) is -0.0654. The van der Waals surface area contributed by atoms with Crippen LogP contribution in [0.25, 0.3) is 0 Å². The summed E-state index contributed by atoms with van der Waals surface area (Å²) in [7, 11) is 0. The van der Waals surface area contributed by atoms with Gasteiger partial charge in [-0.25, -0.2) is 0 Å². The highest BCUT2D eigenvalue weighted by Gasteiger charge is 2.32. The lowest BCUT2D eigenvalue weighted by Gasteiger charge is -2.38. The van der Waals surface area contributed by atoms with Crippen molar-refractivity contribution < 1.29 is 9.53 Å². The molecule has 0 saturated carbocycles. The normalized spacial score (nSPS) is 21.0. The number of amides is 1. The van der Waals surface area contributed by atoms with Crippen LogP contribution in [0.3, 0.4) is 0 Å². The van der Waals surface area contributed by atoms with Crippen LogP contribution in [0, 0.1) is 11.3 Å². The van der Waals surface area contributed by atoms with Crippen molar-refractivity contribution in [3.8, 4) is 6.07 Å². The molecule has 1 aromatic carbocycles. The number of hydrogen-bond donors (Lipinski definition) is 0. The second-order valence-corrected chi connectivity index (χ2v) is 6.78. The summed E-state index contributed by atoms with van der Waals surface area (Å²) in [6.07, 6.45) is -0.237. The van der Waals surface area contributed by atoms with E-state index in [1.54, 1.807) is 16.3 Å². The number of benzene rings is 1. The zero-order valence-corrected chi connectivity index (χ0v) is 14.1. The lowest BCUT2D eigenvalue weighted by Crippen LogP contribution is -2.48. The van der Waals surface area contributed by atoms with Crippen LogP contribution < -0.4 is 0 Å². The van der Waals surface area contributed by atoms with Gasteiger partial charge in [0.15, 0.2) is 0 Å². The first-order valence-electron chi connectivity index (χ1n) is 7.25. The van der Waals surface area contributed by atoms with E-state index < -0.39 is 0 Å². The summed E-state index contributed by atoms with van der Waals surface area (Å²) in [5, 5.41) is 11.3. The minimum absolute atomic E-state index is 0.0196. The van der Waals surface area contributed by atoms with E-state index in [9.17, 15) is 4.79 Å². The molecule has 0 unspecified atom stereocenters. The number of halogens is 1. The Morgan fingerprint density at radius 1 is 1.48 bits per heavy atom. The average molecular weight is 347 g/mol. The molecule has 1 saturated heterocycles. The van der Waals surface area contributed by atoms with Crippen LogP contribution in [-0.4, -0.2) is 30.0 Å². The smallest absolute Gasteiger partial charge is 0.264 e. The van der Waals surface area contributed by atoms with Crippen LogP contribution in [-0.2, 0) is 4.74 Å². The van der Waals surface area contributed by atoms with E-state index in [1.807, 2.05) is 31.2 Å². The van der Waals surface area contributed by atoms with Crippen LogP contribution in [0.15, 0.2) is 35.7 Å². The van der Waals surface area contributed by atoms with Gasteiger partial charge in [-0.05, 0) is 19.1 Å². The molecule has 0 bridgehead atoms. The first-order chi connectivity index (χ1) is 11.1. The van der Waals surface area contributed by atoms with E-state index in [4.69, 9.17) is 21.6 Å². The Kier molecular flexibility index (Phi) is 4.67. The highest BCUT2D eigenvalue weighted by atomic mass is 35.5. The van der Waals surface area contributed by atoms with Crippen molar-refractivity contribution in [1.82, 2.24) is 4.90 Å². The number of nitrogens with zero attached hydrogens (tertiary/aromatic N) is 2. The lowest BCUT2D eigenvalue weighted by atomic mass is 10.1. The van der Waals surface area contributed by atoms with Crippen molar-refractivity contribution in [3.05, 3.63) is 56.7 Å². The molecule has 2 heterocycles. The Hall–Kier alpha value is -1.87. The van der Waals surface area contributed by atoms with Gasteiger partial charge in [-0.2, -0.15) is 5.26 Å². The van der Waals surface area contributed by atoms with E-state index >= 15 is 0 Å². The Morgan fingerprint density at radius 2 is 2.26 bits per heavy atom. The van der Waals surface area contributed by atoms with E-state index in [1.165, 1.54) is 11.3 Å². The van der Waals surface area contributed by atoms with Crippen LogP contribution in [0.1, 0.15) is 33.8 Å². The Balaban J connectivity index is 1.82. The molecule has 1 aliphatic rings. The topological polar surface area (TPSA) is 53.3 Å². The number of carbonyl (C=O) groups excluding carboxylic acids is 1. The molecule has 1 amide bonds. The number of nitriles is 1. The third kappa shape index (κ3) is 3.25. The van der Waals surface area contributed by atoms with Gasteiger partial charge in [0, 0.05) is 16.0 Å². The number of thiophene rings is 1. The van der Waals surface area contributed by atoms with Gasteiger partial charge < -0.3 is 9.64 Å². The zero-order valence-electron chi connectivity index (χ0n) is 12.5. The minimum Gasteiger partial charge on any atom is -0.369 e. The minimum atomic E-state index is -0.237. The molecule has 1 aromatic heterocycles. The summed E-state index contributed by atoms with van der Waals surface area (Å²) in [5.41, 5.74) is 1.41. The number of carbonyl (C=O) groups is 1. The average Bonchev–Trinajstić information content (AvgIpc) is 3.04. The monoisotopic (exact) mass is 346 g/mol. The molecular weight excluding hydrogens is 332 g/mol. The fraction of sp³-hybridized carbons (Fsp3) is 0.294. The van der Waals surface area contributed by atoms with Gasteiger partial charge in [-0.1, -0.05) is 29.8 Å². The molecule has 0 N–H and O–H groups in total. The number of rotatable bonds is 2. The molecule has 2 aromatic rings. The summed E-state index contributed by atoms with van der Waals surface area (Å²) in [6, 6.07) is 11.2. The molecule has 0 spiro atoms. The highest BCUT2D eigenvalue weighted by molar-refractivity contribution is 7.12. The van der Waals surface area contributed by atoms with E-state index in [2.05, 4.69) is 6.07 Å². The van der Waals surface area contributed by atoms with Crippen LogP contribution >= 0.6 is 22.9 Å². The van der Waals surface area contributed by atoms with E-state index in [0.717, 1.165) is 5.56 Å². The second kappa shape index (κ2) is 6.71. The summed E-state index contributed by atoms with van der Waals surface area (Å²) in [6.45, 7) is 2.86. The first kappa shape index (κ1) is 16.0. The molecule has 0 aliphatic carbocycles. The highest BCUT2D eigenvalue weighted by Crippen LogP contribution is 2.31. The maximum Gasteiger partial charge on any atom is 0.264 e. The molecule has 118 valence electrons. The molecule has 1 fully saturated rings. The van der Waals surface area contributed by atoms with Gasteiger partial charge in [0.1, 0.15) is 12.2 Å². The summed E-state index contributed by atoms with van der Waals surface area (Å²) in [4.78, 5) is 15.1.